The highest BCUT2D eigenvalue weighted by Crippen LogP contribution is 2.21. The molecule has 0 bridgehead atoms. The first kappa shape index (κ1) is 12.8. The molecule has 0 radical (unpaired) electrons. The molecule has 100 valence electrons. The van der Waals surface area contributed by atoms with Gasteiger partial charge < -0.3 is 21.1 Å². The van der Waals surface area contributed by atoms with Crippen LogP contribution in [0.5, 0.6) is 0 Å². The Morgan fingerprint density at radius 1 is 1.17 bits per heavy atom. The lowest BCUT2D eigenvalue weighted by Crippen LogP contribution is -2.29. The van der Waals surface area contributed by atoms with Crippen LogP contribution in [0.25, 0.3) is 0 Å². The summed E-state index contributed by atoms with van der Waals surface area (Å²) in [7, 11) is 3.71. The third kappa shape index (κ3) is 3.19. The summed E-state index contributed by atoms with van der Waals surface area (Å²) in [6.07, 6.45) is 3.31. The average Bonchev–Trinajstić information content (AvgIpc) is 2.31. The summed E-state index contributed by atoms with van der Waals surface area (Å²) in [4.78, 5) is 14.2. The van der Waals surface area contributed by atoms with Gasteiger partial charge in [-0.2, -0.15) is 15.0 Å². The van der Waals surface area contributed by atoms with Gasteiger partial charge in [0.2, 0.25) is 17.8 Å². The van der Waals surface area contributed by atoms with Gasteiger partial charge in [0.1, 0.15) is 0 Å². The number of aliphatic hydroxyl groups is 1. The quantitative estimate of drug-likeness (QED) is 0.708. The van der Waals surface area contributed by atoms with Gasteiger partial charge >= 0.3 is 0 Å². The van der Waals surface area contributed by atoms with E-state index in [1.165, 1.54) is 0 Å². The zero-order valence-corrected chi connectivity index (χ0v) is 10.8. The molecule has 1 aliphatic rings. The summed E-state index contributed by atoms with van der Waals surface area (Å²) < 4.78 is 0. The minimum Gasteiger partial charge on any atom is -0.393 e. The van der Waals surface area contributed by atoms with Gasteiger partial charge in [0.05, 0.1) is 6.10 Å². The predicted octanol–water partition coefficient (Wildman–Crippen LogP) is 0.235. The zero-order chi connectivity index (χ0) is 13.1. The highest BCUT2D eigenvalue weighted by atomic mass is 16.3. The van der Waals surface area contributed by atoms with E-state index in [0.29, 0.717) is 17.9 Å². The molecular weight excluding hydrogens is 232 g/mol. The van der Waals surface area contributed by atoms with E-state index in [0.717, 1.165) is 25.7 Å². The van der Waals surface area contributed by atoms with Crippen LogP contribution in [-0.2, 0) is 0 Å². The molecule has 0 atom stereocenters. The lowest BCUT2D eigenvalue weighted by atomic mass is 9.93. The Morgan fingerprint density at radius 3 is 2.44 bits per heavy atom. The van der Waals surface area contributed by atoms with E-state index < -0.39 is 0 Å². The number of rotatable bonds is 3. The van der Waals surface area contributed by atoms with E-state index in [9.17, 15) is 5.11 Å². The van der Waals surface area contributed by atoms with Gasteiger partial charge in [-0.1, -0.05) is 0 Å². The zero-order valence-electron chi connectivity index (χ0n) is 10.8. The number of nitrogens with zero attached hydrogens (tertiary/aromatic N) is 4. The maximum atomic E-state index is 9.46. The second kappa shape index (κ2) is 5.34. The maximum absolute atomic E-state index is 9.46. The van der Waals surface area contributed by atoms with E-state index in [2.05, 4.69) is 20.3 Å². The second-order valence-electron chi connectivity index (χ2n) is 4.86. The van der Waals surface area contributed by atoms with Crippen LogP contribution in [0.2, 0.25) is 0 Å². The number of nitrogen functional groups attached to an aromatic ring is 1. The van der Waals surface area contributed by atoms with Gasteiger partial charge in [0.15, 0.2) is 0 Å². The smallest absolute Gasteiger partial charge is 0.231 e. The number of nitrogens with two attached hydrogens (primary N) is 1. The number of aromatic nitrogens is 3. The molecule has 1 fully saturated rings. The largest absolute Gasteiger partial charge is 0.393 e. The molecule has 7 nitrogen and oxygen atoms in total. The van der Waals surface area contributed by atoms with Gasteiger partial charge in [0.25, 0.3) is 0 Å². The Labute approximate surface area is 106 Å². The van der Waals surface area contributed by atoms with Crippen LogP contribution in [0.4, 0.5) is 17.8 Å². The maximum Gasteiger partial charge on any atom is 0.231 e. The van der Waals surface area contributed by atoms with E-state index in [1.54, 1.807) is 4.90 Å². The van der Waals surface area contributed by atoms with Crippen molar-refractivity contribution in [1.29, 1.82) is 0 Å². The normalized spacial score (nSPS) is 23.7. The van der Waals surface area contributed by atoms with Crippen molar-refractivity contribution in [3.05, 3.63) is 0 Å². The van der Waals surface area contributed by atoms with Crippen molar-refractivity contribution in [1.82, 2.24) is 15.0 Å². The van der Waals surface area contributed by atoms with Crippen LogP contribution < -0.4 is 16.0 Å². The van der Waals surface area contributed by atoms with E-state index in [4.69, 9.17) is 5.73 Å². The molecule has 1 aliphatic carbocycles. The van der Waals surface area contributed by atoms with Gasteiger partial charge in [-0.3, -0.25) is 0 Å². The van der Waals surface area contributed by atoms with Crippen molar-refractivity contribution >= 4 is 17.8 Å². The van der Waals surface area contributed by atoms with Crippen LogP contribution in [0.15, 0.2) is 0 Å². The highest BCUT2D eigenvalue weighted by Gasteiger charge is 2.20. The van der Waals surface area contributed by atoms with E-state index >= 15 is 0 Å². The molecule has 7 heteroatoms. The first-order chi connectivity index (χ1) is 8.54. The Bertz CT molecular complexity index is 403. The van der Waals surface area contributed by atoms with Gasteiger partial charge in [-0.25, -0.2) is 0 Å². The van der Waals surface area contributed by atoms with Gasteiger partial charge in [-0.15, -0.1) is 0 Å². The number of hydrogen-bond acceptors (Lipinski definition) is 7. The molecule has 0 aromatic carbocycles. The van der Waals surface area contributed by atoms with Crippen molar-refractivity contribution < 1.29 is 5.11 Å². The molecule has 1 saturated carbocycles. The van der Waals surface area contributed by atoms with Gasteiger partial charge in [0, 0.05) is 20.1 Å². The summed E-state index contributed by atoms with van der Waals surface area (Å²) in [5.74, 6) is 1.26. The van der Waals surface area contributed by atoms with Crippen molar-refractivity contribution in [2.24, 2.45) is 0 Å². The van der Waals surface area contributed by atoms with Crippen molar-refractivity contribution in [3.8, 4) is 0 Å². The third-order valence-corrected chi connectivity index (χ3v) is 3.07. The molecule has 0 amide bonds. The minimum absolute atomic E-state index is 0.163. The van der Waals surface area contributed by atoms with Crippen LogP contribution in [0.1, 0.15) is 25.7 Å². The topological polar surface area (TPSA) is 100 Å². The fourth-order valence-corrected chi connectivity index (χ4v) is 2.05. The molecule has 2 rings (SSSR count). The van der Waals surface area contributed by atoms with E-state index in [1.807, 2.05) is 14.1 Å². The number of anilines is 3. The van der Waals surface area contributed by atoms with Crippen LogP contribution in [0.3, 0.4) is 0 Å². The monoisotopic (exact) mass is 252 g/mol. The summed E-state index contributed by atoms with van der Waals surface area (Å²) >= 11 is 0. The fourth-order valence-electron chi connectivity index (χ4n) is 2.05. The fraction of sp³-hybridized carbons (Fsp3) is 0.727. The molecule has 1 heterocycles. The second-order valence-corrected chi connectivity index (χ2v) is 4.86. The van der Waals surface area contributed by atoms with Crippen molar-refractivity contribution in [2.45, 2.75) is 37.8 Å². The number of nitrogens with one attached hydrogen (secondary N) is 1. The average molecular weight is 252 g/mol. The standard InChI is InChI=1S/C11H20N6O/c1-17(2)11-15-9(12)14-10(16-11)13-7-3-5-8(18)6-4-7/h7-8,18H,3-6H2,1-2H3,(H3,12,13,14,15,16). The Morgan fingerprint density at radius 2 is 1.83 bits per heavy atom. The van der Waals surface area contributed by atoms with Gasteiger partial charge in [-0.05, 0) is 25.7 Å². The Hall–Kier alpha value is -1.63. The molecule has 4 N–H and O–H groups in total. The molecule has 0 unspecified atom stereocenters. The lowest BCUT2D eigenvalue weighted by molar-refractivity contribution is 0.126. The first-order valence-corrected chi connectivity index (χ1v) is 6.18. The van der Waals surface area contributed by atoms with Crippen LogP contribution >= 0.6 is 0 Å². The minimum atomic E-state index is -0.163. The Kier molecular flexibility index (Phi) is 3.81. The summed E-state index contributed by atoms with van der Waals surface area (Å²) in [6.45, 7) is 0. The number of hydrogen-bond donors (Lipinski definition) is 3. The molecule has 18 heavy (non-hydrogen) atoms. The first-order valence-electron chi connectivity index (χ1n) is 6.18. The molecule has 0 aliphatic heterocycles. The van der Waals surface area contributed by atoms with Crippen LogP contribution in [0, 0.1) is 0 Å². The molecule has 0 spiro atoms. The summed E-state index contributed by atoms with van der Waals surface area (Å²) in [6, 6.07) is 0.296. The van der Waals surface area contributed by atoms with Crippen LogP contribution in [-0.4, -0.2) is 46.3 Å². The summed E-state index contributed by atoms with van der Waals surface area (Å²) in [5, 5.41) is 12.7. The van der Waals surface area contributed by atoms with E-state index in [-0.39, 0.29) is 12.1 Å². The SMILES string of the molecule is CN(C)c1nc(N)nc(NC2CCC(O)CC2)n1. The Balaban J connectivity index is 2.04. The number of aliphatic hydroxyl groups excluding tert-OH is 1. The molecule has 0 saturated heterocycles. The predicted molar refractivity (Wildman–Crippen MR) is 70.5 cm³/mol. The highest BCUT2D eigenvalue weighted by molar-refractivity contribution is 5.41. The molecular formula is C11H20N6O. The molecule has 1 aromatic rings. The van der Waals surface area contributed by atoms with Crippen molar-refractivity contribution in [3.63, 3.8) is 0 Å². The molecule has 1 aromatic heterocycles. The third-order valence-electron chi connectivity index (χ3n) is 3.07. The summed E-state index contributed by atoms with van der Waals surface area (Å²) in [5.41, 5.74) is 5.66. The lowest BCUT2D eigenvalue weighted by Gasteiger charge is -2.26. The van der Waals surface area contributed by atoms with Crippen molar-refractivity contribution in [2.75, 3.05) is 30.0 Å².